The monoisotopic (exact) mass is 478 g/mol. The smallest absolute Gasteiger partial charge is 0.192 e. The first-order chi connectivity index (χ1) is 14.8. The summed E-state index contributed by atoms with van der Waals surface area (Å²) < 4.78 is 6.47. The van der Waals surface area contributed by atoms with E-state index in [-0.39, 0.29) is 23.8 Å². The molecule has 6 nitrogen and oxygen atoms in total. The zero-order valence-electron chi connectivity index (χ0n) is 21.6. The van der Waals surface area contributed by atoms with Crippen LogP contribution >= 0.6 is 0 Å². The van der Waals surface area contributed by atoms with Crippen LogP contribution in [0, 0.1) is 29.1 Å². The number of hydrogen-bond donors (Lipinski definition) is 4. The molecule has 0 aromatic carbocycles. The van der Waals surface area contributed by atoms with Crippen LogP contribution < -0.4 is 0 Å². The van der Waals surface area contributed by atoms with Gasteiger partial charge in [0.15, 0.2) is 14.1 Å². The first-order valence-electron chi connectivity index (χ1n) is 12.2. The van der Waals surface area contributed by atoms with E-state index < -0.39 is 60.3 Å². The highest BCUT2D eigenvalue weighted by Gasteiger charge is 2.84. The molecule has 0 aromatic rings. The molecule has 0 aromatic heterocycles. The van der Waals surface area contributed by atoms with Crippen molar-refractivity contribution in [2.75, 3.05) is 6.61 Å². The lowest BCUT2D eigenvalue weighted by Gasteiger charge is -2.51. The second kappa shape index (κ2) is 6.89. The van der Waals surface area contributed by atoms with Crippen LogP contribution in [-0.2, 0) is 9.22 Å². The molecule has 0 amide bonds. The maximum absolute atomic E-state index is 13.2. The number of fused-ring (bicyclic) bond motifs is 5. The summed E-state index contributed by atoms with van der Waals surface area (Å²) in [4.78, 5) is 13.2. The van der Waals surface area contributed by atoms with Gasteiger partial charge in [0.25, 0.3) is 0 Å². The molecular formula is C26H42O6Si. The molecule has 4 N–H and O–H groups in total. The molecule has 0 bridgehead atoms. The fourth-order valence-electron chi connectivity index (χ4n) is 6.93. The molecule has 0 aliphatic heterocycles. The third-order valence-electron chi connectivity index (χ3n) is 10.3. The van der Waals surface area contributed by atoms with Gasteiger partial charge in [-0.2, -0.15) is 0 Å². The van der Waals surface area contributed by atoms with E-state index in [4.69, 9.17) is 4.43 Å². The van der Waals surface area contributed by atoms with Crippen LogP contribution in [-0.4, -0.2) is 64.0 Å². The van der Waals surface area contributed by atoms with Gasteiger partial charge in [-0.15, -0.1) is 0 Å². The highest BCUT2D eigenvalue weighted by Crippen LogP contribution is 2.74. The Morgan fingerprint density at radius 2 is 1.73 bits per heavy atom. The Bertz CT molecular complexity index is 945. The lowest BCUT2D eigenvalue weighted by molar-refractivity contribution is -0.209. The maximum Gasteiger partial charge on any atom is 0.192 e. The zero-order chi connectivity index (χ0) is 25.2. The fraction of sp³-hybridized carbons (Fsp3) is 0.808. The van der Waals surface area contributed by atoms with Crippen molar-refractivity contribution in [1.82, 2.24) is 0 Å². The minimum absolute atomic E-state index is 0.00197. The molecular weight excluding hydrogens is 436 g/mol. The van der Waals surface area contributed by atoms with Gasteiger partial charge in [0.05, 0.1) is 18.3 Å². The first kappa shape index (κ1) is 25.3. The molecule has 33 heavy (non-hydrogen) atoms. The average Bonchev–Trinajstić information content (AvgIpc) is 3.08. The van der Waals surface area contributed by atoms with Crippen LogP contribution in [0.1, 0.15) is 54.9 Å². The molecule has 0 heterocycles. The van der Waals surface area contributed by atoms with E-state index in [1.165, 1.54) is 0 Å². The van der Waals surface area contributed by atoms with E-state index in [9.17, 15) is 25.2 Å². The van der Waals surface area contributed by atoms with Gasteiger partial charge in [0, 0.05) is 35.5 Å². The number of carbonyl (C=O) groups excluding carboxylic acids is 1. The molecule has 2 fully saturated rings. The maximum atomic E-state index is 13.2. The second-order valence-corrected chi connectivity index (χ2v) is 18.1. The van der Waals surface area contributed by atoms with Crippen molar-refractivity contribution in [3.63, 3.8) is 0 Å². The predicted octanol–water partition coefficient (Wildman–Crippen LogP) is 2.96. The van der Waals surface area contributed by atoms with Gasteiger partial charge in [-0.3, -0.25) is 4.79 Å². The highest BCUT2D eigenvalue weighted by atomic mass is 28.4. The molecule has 0 spiro atoms. The van der Waals surface area contributed by atoms with E-state index in [2.05, 4.69) is 33.9 Å². The lowest BCUT2D eigenvalue weighted by Crippen LogP contribution is -2.65. The number of rotatable bonds is 3. The number of Topliss-reactive ketones (excluding diaryl/α,β-unsaturated/α-hetero) is 1. The van der Waals surface area contributed by atoms with Crippen molar-refractivity contribution in [1.29, 1.82) is 0 Å². The van der Waals surface area contributed by atoms with Gasteiger partial charge in [-0.05, 0) is 36.2 Å². The predicted molar refractivity (Wildman–Crippen MR) is 129 cm³/mol. The molecule has 1 unspecified atom stereocenters. The normalized spacial score (nSPS) is 46.6. The summed E-state index contributed by atoms with van der Waals surface area (Å²) in [5.41, 5.74) is -4.10. The van der Waals surface area contributed by atoms with Crippen LogP contribution in [0.5, 0.6) is 0 Å². The third-order valence-corrected chi connectivity index (χ3v) is 14.7. The van der Waals surface area contributed by atoms with Crippen LogP contribution in [0.15, 0.2) is 23.3 Å². The lowest BCUT2D eigenvalue weighted by atomic mass is 9.59. The van der Waals surface area contributed by atoms with Gasteiger partial charge < -0.3 is 24.9 Å². The van der Waals surface area contributed by atoms with Crippen molar-refractivity contribution in [3.8, 4) is 0 Å². The van der Waals surface area contributed by atoms with Crippen molar-refractivity contribution in [2.24, 2.45) is 29.1 Å². The van der Waals surface area contributed by atoms with Gasteiger partial charge in [-0.25, -0.2) is 0 Å². The van der Waals surface area contributed by atoms with E-state index in [1.54, 1.807) is 19.9 Å². The van der Waals surface area contributed by atoms with E-state index in [0.29, 0.717) is 5.57 Å². The highest BCUT2D eigenvalue weighted by molar-refractivity contribution is 6.74. The molecule has 2 saturated carbocycles. The summed E-state index contributed by atoms with van der Waals surface area (Å²) in [6.07, 6.45) is 2.55. The molecule has 4 aliphatic rings. The fourth-order valence-corrected chi connectivity index (χ4v) is 7.91. The van der Waals surface area contributed by atoms with Gasteiger partial charge in [0.1, 0.15) is 11.2 Å². The Morgan fingerprint density at radius 3 is 2.27 bits per heavy atom. The Hall–Kier alpha value is -0.833. The van der Waals surface area contributed by atoms with Crippen LogP contribution in [0.4, 0.5) is 0 Å². The average molecular weight is 479 g/mol. The van der Waals surface area contributed by atoms with Crippen molar-refractivity contribution >= 4 is 14.1 Å². The minimum atomic E-state index is -2.10. The number of aliphatic hydroxyl groups excluding tert-OH is 1. The Morgan fingerprint density at radius 1 is 1.15 bits per heavy atom. The summed E-state index contributed by atoms with van der Waals surface area (Å²) in [6, 6.07) is 0. The SMILES string of the molecule is CC1=C[C@H]2[C@]3(O)C(C=C(CO[Si](C)(C)C(C)(C)C)C[C@]2(O)C1=O)[C@@H]1C(C)(C)[C@]1(O)[C@H](O)[C@H]3C. The Kier molecular flexibility index (Phi) is 5.27. The zero-order valence-corrected chi connectivity index (χ0v) is 22.6. The largest absolute Gasteiger partial charge is 0.413 e. The Labute approximate surface area is 198 Å². The van der Waals surface area contributed by atoms with Crippen molar-refractivity contribution in [3.05, 3.63) is 23.3 Å². The summed E-state index contributed by atoms with van der Waals surface area (Å²) in [6.45, 7) is 18.3. The van der Waals surface area contributed by atoms with Crippen LogP contribution in [0.3, 0.4) is 0 Å². The summed E-state index contributed by atoms with van der Waals surface area (Å²) in [7, 11) is -2.10. The third kappa shape index (κ3) is 2.99. The molecule has 0 saturated heterocycles. The number of aliphatic hydroxyl groups is 4. The molecule has 4 rings (SSSR count). The molecule has 4 aliphatic carbocycles. The molecule has 0 radical (unpaired) electrons. The van der Waals surface area contributed by atoms with Crippen molar-refractivity contribution < 1.29 is 29.6 Å². The number of carbonyl (C=O) groups is 1. The van der Waals surface area contributed by atoms with E-state index in [0.717, 1.165) is 5.57 Å². The Balaban J connectivity index is 1.83. The van der Waals surface area contributed by atoms with E-state index in [1.807, 2.05) is 19.9 Å². The first-order valence-corrected chi connectivity index (χ1v) is 15.1. The summed E-state index contributed by atoms with van der Waals surface area (Å²) >= 11 is 0. The molecule has 8 atom stereocenters. The number of ketones is 1. The second-order valence-electron chi connectivity index (χ2n) is 13.3. The quantitative estimate of drug-likeness (QED) is 0.367. The standard InChI is InChI=1S/C26H42O6Si/c1-14-10-18-24(29,20(14)27)12-16(13-32-33(8,9)22(3,4)5)11-17-19-23(6,7)26(19,31)21(28)15(2)25(17,18)30/h10-11,15,17-19,21,28-31H,12-13H2,1-9H3/t15-,17?,18-,19-,21-,24-,25-,26-/m1/s1. The number of hydrogen-bond acceptors (Lipinski definition) is 6. The molecule has 7 heteroatoms. The summed E-state index contributed by atoms with van der Waals surface area (Å²) in [5.74, 6) is -2.90. The van der Waals surface area contributed by atoms with Crippen molar-refractivity contribution in [2.45, 2.75) is 95.9 Å². The van der Waals surface area contributed by atoms with Gasteiger partial charge >= 0.3 is 0 Å². The van der Waals surface area contributed by atoms with E-state index >= 15 is 0 Å². The van der Waals surface area contributed by atoms with Gasteiger partial charge in [0.2, 0.25) is 0 Å². The summed E-state index contributed by atoms with van der Waals surface area (Å²) in [5, 5.41) is 46.7. The molecule has 186 valence electrons. The topological polar surface area (TPSA) is 107 Å². The van der Waals surface area contributed by atoms with Crippen LogP contribution in [0.2, 0.25) is 18.1 Å². The van der Waals surface area contributed by atoms with Gasteiger partial charge in [-0.1, -0.05) is 53.7 Å². The van der Waals surface area contributed by atoms with Crippen LogP contribution in [0.25, 0.3) is 0 Å². The minimum Gasteiger partial charge on any atom is -0.413 e.